The van der Waals surface area contributed by atoms with E-state index in [-0.39, 0.29) is 37.0 Å². The first-order valence-corrected chi connectivity index (χ1v) is 10.3. The van der Waals surface area contributed by atoms with Crippen LogP contribution in [0.15, 0.2) is 24.4 Å². The van der Waals surface area contributed by atoms with E-state index in [1.807, 2.05) is 0 Å². The van der Waals surface area contributed by atoms with Crippen molar-refractivity contribution in [3.63, 3.8) is 0 Å². The van der Waals surface area contributed by atoms with Gasteiger partial charge in [-0.2, -0.15) is 31.3 Å². The second-order valence-electron chi connectivity index (χ2n) is 8.13. The number of rotatable bonds is 5. The molecule has 1 aliphatic carbocycles. The lowest BCUT2D eigenvalue weighted by molar-refractivity contribution is -0.143. The van der Waals surface area contributed by atoms with Crippen molar-refractivity contribution in [2.45, 2.75) is 51.0 Å². The van der Waals surface area contributed by atoms with E-state index in [0.29, 0.717) is 36.7 Å². The number of nitrogens with one attached hydrogen (secondary N) is 2. The summed E-state index contributed by atoms with van der Waals surface area (Å²) in [5, 5.41) is 5.67. The first-order valence-electron chi connectivity index (χ1n) is 10.3. The molecule has 1 amide bonds. The average molecular weight is 512 g/mol. The van der Waals surface area contributed by atoms with E-state index >= 15 is 0 Å². The van der Waals surface area contributed by atoms with Crippen molar-refractivity contribution in [3.8, 4) is 0 Å². The van der Waals surface area contributed by atoms with Crippen LogP contribution in [0.3, 0.4) is 0 Å². The Hall–Kier alpha value is -2.76. The molecule has 0 atom stereocenters. The van der Waals surface area contributed by atoms with Crippen molar-refractivity contribution >= 4 is 30.1 Å². The van der Waals surface area contributed by atoms with Crippen LogP contribution in [0.4, 0.5) is 38.1 Å². The summed E-state index contributed by atoms with van der Waals surface area (Å²) in [4.78, 5) is 20.7. The van der Waals surface area contributed by atoms with Crippen LogP contribution in [0.25, 0.3) is 0 Å². The van der Waals surface area contributed by atoms with E-state index in [9.17, 15) is 31.1 Å². The van der Waals surface area contributed by atoms with Gasteiger partial charge in [0.2, 0.25) is 5.95 Å². The van der Waals surface area contributed by atoms with Gasteiger partial charge in [-0.05, 0) is 56.7 Å². The Bertz CT molecular complexity index is 974. The van der Waals surface area contributed by atoms with E-state index in [2.05, 4.69) is 20.6 Å². The number of aryl methyl sites for hydroxylation is 1. The maximum Gasteiger partial charge on any atom is 0.416 e. The molecule has 6 nitrogen and oxygen atoms in total. The molecule has 34 heavy (non-hydrogen) atoms. The fourth-order valence-electron chi connectivity index (χ4n) is 3.64. The van der Waals surface area contributed by atoms with Crippen molar-refractivity contribution in [1.82, 2.24) is 15.3 Å². The van der Waals surface area contributed by atoms with Gasteiger partial charge in [-0.3, -0.25) is 4.79 Å². The van der Waals surface area contributed by atoms with Gasteiger partial charge in [0.05, 0.1) is 11.1 Å². The van der Waals surface area contributed by atoms with Gasteiger partial charge in [-0.15, -0.1) is 12.4 Å². The minimum atomic E-state index is -5.01. The van der Waals surface area contributed by atoms with Crippen LogP contribution < -0.4 is 16.4 Å². The minimum absolute atomic E-state index is 0. The maximum absolute atomic E-state index is 13.0. The Morgan fingerprint density at radius 1 is 1.03 bits per heavy atom. The smallest absolute Gasteiger partial charge is 0.383 e. The quantitative estimate of drug-likeness (QED) is 0.478. The number of hydrogen-bond donors (Lipinski definition) is 3. The van der Waals surface area contributed by atoms with Crippen LogP contribution in [0.5, 0.6) is 0 Å². The molecule has 13 heteroatoms. The van der Waals surface area contributed by atoms with Gasteiger partial charge in [0, 0.05) is 29.9 Å². The van der Waals surface area contributed by atoms with Crippen LogP contribution in [-0.4, -0.2) is 28.5 Å². The summed E-state index contributed by atoms with van der Waals surface area (Å²) >= 11 is 0. The minimum Gasteiger partial charge on any atom is -0.383 e. The van der Waals surface area contributed by atoms with Gasteiger partial charge in [-0.1, -0.05) is 0 Å². The number of nitrogens with two attached hydrogens (primary N) is 1. The maximum atomic E-state index is 13.0. The first kappa shape index (κ1) is 27.5. The van der Waals surface area contributed by atoms with Gasteiger partial charge in [-0.25, -0.2) is 4.98 Å². The number of hydrogen-bond acceptors (Lipinski definition) is 5. The number of nitrogen functional groups attached to an aromatic ring is 1. The normalized spacial score (nSPS) is 18.7. The number of nitrogens with zero attached hydrogens (tertiary/aromatic N) is 2. The lowest BCUT2D eigenvalue weighted by Gasteiger charge is -2.29. The zero-order valence-corrected chi connectivity index (χ0v) is 18.9. The zero-order valence-electron chi connectivity index (χ0n) is 18.1. The van der Waals surface area contributed by atoms with Crippen molar-refractivity contribution in [2.24, 2.45) is 5.92 Å². The molecule has 1 aliphatic rings. The predicted molar refractivity (Wildman–Crippen MR) is 117 cm³/mol. The lowest BCUT2D eigenvalue weighted by Crippen LogP contribution is -2.34. The molecule has 1 saturated carbocycles. The van der Waals surface area contributed by atoms with Crippen molar-refractivity contribution in [1.29, 1.82) is 0 Å². The lowest BCUT2D eigenvalue weighted by atomic mass is 9.86. The monoisotopic (exact) mass is 511 g/mol. The number of alkyl halides is 6. The fraction of sp³-hybridized carbons (Fsp3) is 0.476. The van der Waals surface area contributed by atoms with Crippen LogP contribution in [-0.2, 0) is 12.4 Å². The summed E-state index contributed by atoms with van der Waals surface area (Å²) in [6.07, 6.45) is -5.52. The summed E-state index contributed by atoms with van der Waals surface area (Å²) in [6.45, 7) is 1.94. The standard InChI is InChI=1S/C21H23F6N5O.ClH/c1-11-9-30-19(32-17(11)28)31-16-4-2-12(3-5-16)10-29-18(33)13-6-14(20(22,23)24)8-15(7-13)21(25,26)27;/h6-9,12,16H,2-5,10H2,1H3,(H,29,33)(H3,28,30,31,32);1H/t12-,16+;. The molecule has 4 N–H and O–H groups in total. The van der Waals surface area contributed by atoms with E-state index in [4.69, 9.17) is 5.73 Å². The van der Waals surface area contributed by atoms with Crippen LogP contribution >= 0.6 is 12.4 Å². The summed E-state index contributed by atoms with van der Waals surface area (Å²) in [6, 6.07) is 0.949. The molecular formula is C21H24ClF6N5O. The second kappa shape index (κ2) is 10.7. The van der Waals surface area contributed by atoms with Crippen molar-refractivity contribution < 1.29 is 31.1 Å². The third-order valence-corrected chi connectivity index (χ3v) is 5.59. The Balaban J connectivity index is 0.00000408. The van der Waals surface area contributed by atoms with Gasteiger partial charge < -0.3 is 16.4 Å². The van der Waals surface area contributed by atoms with Crippen LogP contribution in [0.1, 0.15) is 52.7 Å². The molecule has 0 spiro atoms. The summed E-state index contributed by atoms with van der Waals surface area (Å²) in [5.74, 6) is -0.133. The molecule has 1 heterocycles. The largest absolute Gasteiger partial charge is 0.416 e. The van der Waals surface area contributed by atoms with Gasteiger partial charge in [0.15, 0.2) is 0 Å². The first-order chi connectivity index (χ1) is 15.3. The number of carbonyl (C=O) groups excluding carboxylic acids is 1. The van der Waals surface area contributed by atoms with Gasteiger partial charge in [0.1, 0.15) is 5.82 Å². The third kappa shape index (κ3) is 7.12. The van der Waals surface area contributed by atoms with Gasteiger partial charge in [0.25, 0.3) is 5.91 Å². The summed E-state index contributed by atoms with van der Waals surface area (Å²) in [7, 11) is 0. The van der Waals surface area contributed by atoms with E-state index in [0.717, 1.165) is 18.4 Å². The fourth-order valence-corrected chi connectivity index (χ4v) is 3.64. The molecule has 1 fully saturated rings. The Morgan fingerprint density at radius 2 is 1.59 bits per heavy atom. The molecule has 2 aromatic rings. The van der Waals surface area contributed by atoms with E-state index in [1.165, 1.54) is 0 Å². The predicted octanol–water partition coefficient (Wildman–Crippen LogP) is 5.23. The molecule has 3 rings (SSSR count). The van der Waals surface area contributed by atoms with Crippen LogP contribution in [0, 0.1) is 12.8 Å². The highest BCUT2D eigenvalue weighted by atomic mass is 35.5. The summed E-state index contributed by atoms with van der Waals surface area (Å²) < 4.78 is 77.9. The molecule has 188 valence electrons. The highest BCUT2D eigenvalue weighted by molar-refractivity contribution is 5.94. The number of halogens is 7. The Morgan fingerprint density at radius 3 is 2.09 bits per heavy atom. The second-order valence-corrected chi connectivity index (χ2v) is 8.13. The molecule has 0 unspecified atom stereocenters. The summed E-state index contributed by atoms with van der Waals surface area (Å²) in [5.41, 5.74) is 2.82. The van der Waals surface area contributed by atoms with E-state index < -0.39 is 35.0 Å². The SMILES string of the molecule is Cc1cnc(N[C@H]2CC[C@@H](CNC(=O)c3cc(C(F)(F)F)cc(C(F)(F)F)c3)CC2)nc1N.Cl. The molecule has 1 aromatic heterocycles. The number of benzene rings is 1. The molecule has 0 saturated heterocycles. The molecule has 0 aliphatic heterocycles. The van der Waals surface area contributed by atoms with Crippen LogP contribution in [0.2, 0.25) is 0 Å². The van der Waals surface area contributed by atoms with E-state index in [1.54, 1.807) is 13.1 Å². The zero-order chi connectivity index (χ0) is 24.4. The van der Waals surface area contributed by atoms with Crippen molar-refractivity contribution in [3.05, 3.63) is 46.6 Å². The van der Waals surface area contributed by atoms with Gasteiger partial charge >= 0.3 is 12.4 Å². The topological polar surface area (TPSA) is 92.9 Å². The highest BCUT2D eigenvalue weighted by Gasteiger charge is 2.37. The third-order valence-electron chi connectivity index (χ3n) is 5.59. The molecule has 1 aromatic carbocycles. The molecule has 0 radical (unpaired) electrons. The Kier molecular flexibility index (Phi) is 8.62. The number of amides is 1. The number of anilines is 2. The van der Waals surface area contributed by atoms with Crippen molar-refractivity contribution in [2.75, 3.05) is 17.6 Å². The number of carbonyl (C=O) groups is 1. The highest BCUT2D eigenvalue weighted by Crippen LogP contribution is 2.36. The molecule has 0 bridgehead atoms. The molecular weight excluding hydrogens is 488 g/mol. The average Bonchev–Trinajstić information content (AvgIpc) is 2.74. The number of aromatic nitrogens is 2. The Labute approximate surface area is 198 Å².